The van der Waals surface area contributed by atoms with Crippen LogP contribution in [0.15, 0.2) is 36.9 Å². The predicted octanol–water partition coefficient (Wildman–Crippen LogP) is 1.43. The van der Waals surface area contributed by atoms with Gasteiger partial charge in [0.05, 0.1) is 6.54 Å². The summed E-state index contributed by atoms with van der Waals surface area (Å²) in [5.41, 5.74) is 7.04. The van der Waals surface area contributed by atoms with Gasteiger partial charge in [0.25, 0.3) is 0 Å². The van der Waals surface area contributed by atoms with Gasteiger partial charge in [-0.1, -0.05) is 18.6 Å². The van der Waals surface area contributed by atoms with Gasteiger partial charge in [0.2, 0.25) is 5.91 Å². The van der Waals surface area contributed by atoms with Crippen LogP contribution in [0.2, 0.25) is 0 Å². The molecule has 0 spiro atoms. The summed E-state index contributed by atoms with van der Waals surface area (Å²) < 4.78 is 1.90. The summed E-state index contributed by atoms with van der Waals surface area (Å²) >= 11 is 0. The van der Waals surface area contributed by atoms with Gasteiger partial charge in [0, 0.05) is 18.2 Å². The fourth-order valence-electron chi connectivity index (χ4n) is 3.03. The van der Waals surface area contributed by atoms with Gasteiger partial charge < -0.3 is 5.73 Å². The molecule has 1 fully saturated rings. The van der Waals surface area contributed by atoms with Crippen LogP contribution in [-0.4, -0.2) is 38.2 Å². The number of primary amides is 1. The molecule has 0 saturated carbocycles. The highest BCUT2D eigenvalue weighted by Crippen LogP contribution is 2.21. The lowest BCUT2D eigenvalue weighted by Crippen LogP contribution is -2.41. The van der Waals surface area contributed by atoms with Crippen LogP contribution < -0.4 is 5.73 Å². The molecule has 0 unspecified atom stereocenters. The monoisotopic (exact) mass is 299 g/mol. The van der Waals surface area contributed by atoms with E-state index in [1.807, 2.05) is 16.8 Å². The highest BCUT2D eigenvalue weighted by Gasteiger charge is 2.23. The summed E-state index contributed by atoms with van der Waals surface area (Å²) in [5, 5.41) is 4.21. The first-order valence-corrected chi connectivity index (χ1v) is 7.67. The Hall–Kier alpha value is -2.21. The largest absolute Gasteiger partial charge is 0.366 e. The van der Waals surface area contributed by atoms with Gasteiger partial charge in [-0.2, -0.15) is 5.10 Å². The van der Waals surface area contributed by atoms with Gasteiger partial charge in [0.15, 0.2) is 0 Å². The Morgan fingerprint density at radius 3 is 2.77 bits per heavy atom. The van der Waals surface area contributed by atoms with E-state index in [2.05, 4.69) is 15.0 Å². The van der Waals surface area contributed by atoms with Crippen molar-refractivity contribution in [3.8, 4) is 0 Å². The van der Waals surface area contributed by atoms with E-state index < -0.39 is 0 Å². The average molecular weight is 299 g/mol. The lowest BCUT2D eigenvalue weighted by Gasteiger charge is -2.35. The molecule has 2 heterocycles. The minimum atomic E-state index is -0.381. The van der Waals surface area contributed by atoms with Crippen LogP contribution >= 0.6 is 0 Å². The van der Waals surface area contributed by atoms with Crippen LogP contribution in [-0.2, 0) is 13.1 Å². The summed E-state index contributed by atoms with van der Waals surface area (Å²) in [6.45, 7) is 2.86. The summed E-state index contributed by atoms with van der Waals surface area (Å²) in [6, 6.07) is 8.05. The second kappa shape index (κ2) is 6.70. The number of likely N-dealkylation sites (tertiary alicyclic amines) is 1. The lowest BCUT2D eigenvalue weighted by molar-refractivity contribution is 0.1000. The molecule has 0 bridgehead atoms. The van der Waals surface area contributed by atoms with Crippen LogP contribution in [0.3, 0.4) is 0 Å². The quantitative estimate of drug-likeness (QED) is 0.906. The van der Waals surface area contributed by atoms with E-state index in [0.29, 0.717) is 11.6 Å². The van der Waals surface area contributed by atoms with E-state index in [4.69, 9.17) is 5.73 Å². The molecule has 0 radical (unpaired) electrons. The van der Waals surface area contributed by atoms with Gasteiger partial charge in [-0.3, -0.25) is 14.4 Å². The third-order valence-electron chi connectivity index (χ3n) is 4.24. The fraction of sp³-hybridized carbons (Fsp3) is 0.438. The number of nitrogens with two attached hydrogens (primary N) is 1. The number of piperidine rings is 1. The van der Waals surface area contributed by atoms with E-state index in [9.17, 15) is 4.79 Å². The van der Waals surface area contributed by atoms with Crippen molar-refractivity contribution < 1.29 is 4.79 Å². The van der Waals surface area contributed by atoms with Crippen LogP contribution in [0.4, 0.5) is 0 Å². The van der Waals surface area contributed by atoms with Crippen molar-refractivity contribution in [3.63, 3.8) is 0 Å². The number of rotatable bonds is 5. The molecule has 0 aliphatic carbocycles. The Bertz CT molecular complexity index is 608. The SMILES string of the molecule is NC(=O)c1ccc(CN2CCCC[C@H]2Cn2cncn2)cc1. The van der Waals surface area contributed by atoms with E-state index in [0.717, 1.165) is 19.6 Å². The van der Waals surface area contributed by atoms with Crippen LogP contribution in [0.5, 0.6) is 0 Å². The molecule has 1 atom stereocenters. The molecule has 22 heavy (non-hydrogen) atoms. The molecule has 1 aliphatic heterocycles. The number of carbonyl (C=O) groups excluding carboxylic acids is 1. The standard InChI is InChI=1S/C16H21N5O/c17-16(22)14-6-4-13(5-7-14)9-20-8-2-1-3-15(20)10-21-12-18-11-19-21/h4-7,11-12,15H,1-3,8-10H2,(H2,17,22)/t15-/m0/s1. The van der Waals surface area contributed by atoms with Gasteiger partial charge in [0.1, 0.15) is 12.7 Å². The first-order chi connectivity index (χ1) is 10.7. The smallest absolute Gasteiger partial charge is 0.248 e. The third kappa shape index (κ3) is 3.51. The Morgan fingerprint density at radius 1 is 1.27 bits per heavy atom. The Balaban J connectivity index is 1.66. The summed E-state index contributed by atoms with van der Waals surface area (Å²) in [5.74, 6) is -0.381. The van der Waals surface area contributed by atoms with E-state index in [1.54, 1.807) is 24.8 Å². The third-order valence-corrected chi connectivity index (χ3v) is 4.24. The second-order valence-electron chi connectivity index (χ2n) is 5.80. The van der Waals surface area contributed by atoms with Crippen molar-refractivity contribution in [1.82, 2.24) is 19.7 Å². The predicted molar refractivity (Wildman–Crippen MR) is 83.0 cm³/mol. The maximum Gasteiger partial charge on any atom is 0.248 e. The number of nitrogens with zero attached hydrogens (tertiary/aromatic N) is 4. The first-order valence-electron chi connectivity index (χ1n) is 7.67. The minimum Gasteiger partial charge on any atom is -0.366 e. The highest BCUT2D eigenvalue weighted by molar-refractivity contribution is 5.92. The number of hydrogen-bond donors (Lipinski definition) is 1. The highest BCUT2D eigenvalue weighted by atomic mass is 16.1. The van der Waals surface area contributed by atoms with E-state index in [1.165, 1.54) is 24.8 Å². The van der Waals surface area contributed by atoms with Crippen LogP contribution in [0, 0.1) is 0 Å². The molecular formula is C16H21N5O. The number of aromatic nitrogens is 3. The van der Waals surface area contributed by atoms with Crippen LogP contribution in [0.1, 0.15) is 35.2 Å². The fourth-order valence-corrected chi connectivity index (χ4v) is 3.03. The zero-order valence-corrected chi connectivity index (χ0v) is 12.6. The molecule has 1 amide bonds. The molecule has 1 aromatic carbocycles. The Morgan fingerprint density at radius 2 is 2.09 bits per heavy atom. The van der Waals surface area contributed by atoms with Gasteiger partial charge in [-0.05, 0) is 37.1 Å². The molecule has 2 aromatic rings. The van der Waals surface area contributed by atoms with Crippen molar-refractivity contribution in [2.24, 2.45) is 5.73 Å². The molecule has 1 aliphatic rings. The van der Waals surface area contributed by atoms with E-state index >= 15 is 0 Å². The van der Waals surface area contributed by atoms with Crippen molar-refractivity contribution in [2.45, 2.75) is 38.4 Å². The molecule has 1 saturated heterocycles. The zero-order valence-electron chi connectivity index (χ0n) is 12.6. The normalized spacial score (nSPS) is 19.2. The molecule has 1 aromatic heterocycles. The van der Waals surface area contributed by atoms with Crippen molar-refractivity contribution in [3.05, 3.63) is 48.0 Å². The maximum atomic E-state index is 11.1. The molecule has 116 valence electrons. The summed E-state index contributed by atoms with van der Waals surface area (Å²) in [6.07, 6.45) is 7.02. The van der Waals surface area contributed by atoms with Crippen LogP contribution in [0.25, 0.3) is 0 Å². The lowest BCUT2D eigenvalue weighted by atomic mass is 10.0. The molecule has 2 N–H and O–H groups in total. The van der Waals surface area contributed by atoms with Crippen molar-refractivity contribution in [1.29, 1.82) is 0 Å². The molecule has 3 rings (SSSR count). The Labute approximate surface area is 129 Å². The molecule has 6 nitrogen and oxygen atoms in total. The number of hydrogen-bond acceptors (Lipinski definition) is 4. The van der Waals surface area contributed by atoms with E-state index in [-0.39, 0.29) is 5.91 Å². The number of benzene rings is 1. The Kier molecular flexibility index (Phi) is 4.48. The average Bonchev–Trinajstić information content (AvgIpc) is 3.03. The second-order valence-corrected chi connectivity index (χ2v) is 5.80. The maximum absolute atomic E-state index is 11.1. The molecule has 6 heteroatoms. The summed E-state index contributed by atoms with van der Waals surface area (Å²) in [4.78, 5) is 17.6. The van der Waals surface area contributed by atoms with Crippen molar-refractivity contribution >= 4 is 5.91 Å². The first kappa shape index (κ1) is 14.7. The van der Waals surface area contributed by atoms with Gasteiger partial charge in [-0.25, -0.2) is 4.98 Å². The number of carbonyl (C=O) groups is 1. The minimum absolute atomic E-state index is 0.381. The number of amides is 1. The topological polar surface area (TPSA) is 77.0 Å². The van der Waals surface area contributed by atoms with Crippen molar-refractivity contribution in [2.75, 3.05) is 6.54 Å². The van der Waals surface area contributed by atoms with Gasteiger partial charge in [-0.15, -0.1) is 0 Å². The van der Waals surface area contributed by atoms with Gasteiger partial charge >= 0.3 is 0 Å². The summed E-state index contributed by atoms with van der Waals surface area (Å²) in [7, 11) is 0. The zero-order chi connectivity index (χ0) is 15.4. The molecular weight excluding hydrogens is 278 g/mol.